The molecule has 1 unspecified atom stereocenters. The van der Waals surface area contributed by atoms with E-state index in [-0.39, 0.29) is 23.1 Å². The molecule has 4 rings (SSSR count). The van der Waals surface area contributed by atoms with Gasteiger partial charge in [-0.05, 0) is 57.3 Å². The molecule has 3 aliphatic rings. The molecule has 0 spiro atoms. The van der Waals surface area contributed by atoms with Crippen LogP contribution in [0.25, 0.3) is 0 Å². The Balaban J connectivity index is 1.50. The number of amides is 2. The summed E-state index contributed by atoms with van der Waals surface area (Å²) in [6.45, 7) is 2.26. The molecule has 3 aliphatic carbocycles. The first kappa shape index (κ1) is 23.4. The first-order valence-corrected chi connectivity index (χ1v) is 13.4. The van der Waals surface area contributed by atoms with Crippen molar-refractivity contribution < 1.29 is 23.5 Å². The Kier molecular flexibility index (Phi) is 7.06. The number of rotatable bonds is 7. The fourth-order valence-corrected chi connectivity index (χ4v) is 7.01. The number of carbonyl (C=O) groups excluding carboxylic acids is 1. The molecule has 32 heavy (non-hydrogen) atoms. The Labute approximate surface area is 195 Å². The number of hydrogen-bond donors (Lipinski definition) is 3. The minimum absolute atomic E-state index is 0.173. The van der Waals surface area contributed by atoms with Crippen molar-refractivity contribution in [2.45, 2.75) is 95.2 Å². The highest BCUT2D eigenvalue weighted by Gasteiger charge is 2.58. The van der Waals surface area contributed by atoms with E-state index in [1.807, 2.05) is 4.90 Å². The summed E-state index contributed by atoms with van der Waals surface area (Å²) in [6, 6.07) is 0.273. The molecule has 1 heterocycles. The molecule has 1 atom stereocenters. The van der Waals surface area contributed by atoms with Crippen LogP contribution >= 0.6 is 11.3 Å². The number of urea groups is 1. The quantitative estimate of drug-likeness (QED) is 0.491. The van der Waals surface area contributed by atoms with Crippen LogP contribution in [0, 0.1) is 5.92 Å². The maximum atomic E-state index is 13.4. The normalized spacial score (nSPS) is 26.2. The van der Waals surface area contributed by atoms with Gasteiger partial charge in [0.2, 0.25) is 0 Å². The Morgan fingerprint density at radius 3 is 2.31 bits per heavy atom. The van der Waals surface area contributed by atoms with E-state index in [0.29, 0.717) is 23.9 Å². The van der Waals surface area contributed by atoms with Crippen molar-refractivity contribution in [3.63, 3.8) is 0 Å². The van der Waals surface area contributed by atoms with Gasteiger partial charge in [-0.2, -0.15) is 0 Å². The number of nitrogens with zero attached hydrogens (tertiary/aromatic N) is 3. The van der Waals surface area contributed by atoms with Crippen molar-refractivity contribution in [1.29, 1.82) is 0 Å². The van der Waals surface area contributed by atoms with Gasteiger partial charge in [0.05, 0.1) is 6.20 Å². The third kappa shape index (κ3) is 4.79. The van der Waals surface area contributed by atoms with Gasteiger partial charge in [-0.1, -0.05) is 37.5 Å². The first-order valence-electron chi connectivity index (χ1n) is 11.5. The number of anilines is 2. The van der Waals surface area contributed by atoms with Gasteiger partial charge in [-0.15, -0.1) is 0 Å². The molecule has 0 radical (unpaired) electrons. The van der Waals surface area contributed by atoms with E-state index in [0.717, 1.165) is 67.0 Å². The van der Waals surface area contributed by atoms with Crippen LogP contribution in [0.1, 0.15) is 77.6 Å². The summed E-state index contributed by atoms with van der Waals surface area (Å²) in [6.07, 6.45) is 11.7. The van der Waals surface area contributed by atoms with Crippen LogP contribution in [0.3, 0.4) is 0 Å². The van der Waals surface area contributed by atoms with Gasteiger partial charge in [0.15, 0.2) is 10.7 Å². The number of nitrogens with one attached hydrogen (secondary N) is 1. The molecular weight excluding hydrogens is 452 g/mol. The smallest absolute Gasteiger partial charge is 0.330 e. The predicted octanol–water partition coefficient (Wildman–Crippen LogP) is 4.45. The molecule has 3 fully saturated rings. The topological polar surface area (TPSA) is 123 Å². The number of carbonyl (C=O) groups is 2. The molecule has 0 saturated heterocycles. The average molecular weight is 485 g/mol. The van der Waals surface area contributed by atoms with E-state index in [1.54, 1.807) is 0 Å². The minimum Gasteiger partial charge on any atom is -0.479 e. The van der Waals surface area contributed by atoms with Gasteiger partial charge < -0.3 is 10.0 Å². The molecule has 1 aromatic heterocycles. The third-order valence-electron chi connectivity index (χ3n) is 7.16. The summed E-state index contributed by atoms with van der Waals surface area (Å²) in [5, 5.41) is 13.0. The van der Waals surface area contributed by atoms with E-state index in [9.17, 15) is 23.5 Å². The molecule has 2 amide bonds. The molecule has 11 heteroatoms. The SMILES string of the molecule is CC1CCC(N(C(=O)Nc2ncc(N(S(=O)O)C3(C(=O)O)CC3)s2)C2CCCCC2)CC1. The van der Waals surface area contributed by atoms with Crippen LogP contribution in [0.15, 0.2) is 6.20 Å². The zero-order chi connectivity index (χ0) is 22.9. The zero-order valence-corrected chi connectivity index (χ0v) is 20.0. The van der Waals surface area contributed by atoms with Crippen molar-refractivity contribution in [1.82, 2.24) is 9.88 Å². The molecule has 9 nitrogen and oxygen atoms in total. The standard InChI is InChI=1S/C21H32N4O5S2/c1-14-7-9-16(10-8-14)24(15-5-3-2-4-6-15)20(28)23-19-22-13-17(31-19)25(32(29)30)21(11-12-21)18(26)27/h13-16H,2-12H2,1H3,(H,26,27)(H,29,30)(H,22,23,28). The summed E-state index contributed by atoms with van der Waals surface area (Å²) < 4.78 is 22.7. The molecular formula is C21H32N4O5S2. The second kappa shape index (κ2) is 9.64. The van der Waals surface area contributed by atoms with Crippen LogP contribution in [0.2, 0.25) is 0 Å². The molecule has 3 saturated carbocycles. The van der Waals surface area contributed by atoms with Crippen LogP contribution in [0.4, 0.5) is 14.9 Å². The van der Waals surface area contributed by atoms with Crippen LogP contribution in [-0.2, 0) is 16.1 Å². The van der Waals surface area contributed by atoms with Crippen molar-refractivity contribution in [2.24, 2.45) is 5.92 Å². The van der Waals surface area contributed by atoms with Gasteiger partial charge in [0, 0.05) is 12.1 Å². The number of aromatic nitrogens is 1. The lowest BCUT2D eigenvalue weighted by molar-refractivity contribution is -0.139. The maximum Gasteiger partial charge on any atom is 0.330 e. The molecule has 3 N–H and O–H groups in total. The van der Waals surface area contributed by atoms with Crippen molar-refractivity contribution in [3.05, 3.63) is 6.20 Å². The van der Waals surface area contributed by atoms with Crippen LogP contribution in [0.5, 0.6) is 0 Å². The van der Waals surface area contributed by atoms with Gasteiger partial charge in [0.25, 0.3) is 11.3 Å². The number of thiazole rings is 1. The monoisotopic (exact) mass is 484 g/mol. The Morgan fingerprint density at radius 1 is 1.12 bits per heavy atom. The first-order chi connectivity index (χ1) is 15.3. The Hall–Kier alpha value is -1.72. The van der Waals surface area contributed by atoms with Gasteiger partial charge >= 0.3 is 12.0 Å². The molecule has 0 aliphatic heterocycles. The number of carboxylic acid groups (broad SMARTS) is 1. The lowest BCUT2D eigenvalue weighted by Gasteiger charge is -2.42. The van der Waals surface area contributed by atoms with Crippen LogP contribution < -0.4 is 9.62 Å². The van der Waals surface area contributed by atoms with E-state index in [2.05, 4.69) is 17.2 Å². The molecule has 1 aromatic rings. The fraction of sp³-hybridized carbons (Fsp3) is 0.762. The Bertz CT molecular complexity index is 860. The van der Waals surface area contributed by atoms with Gasteiger partial charge in [-0.3, -0.25) is 9.87 Å². The number of aliphatic carboxylic acids is 1. The summed E-state index contributed by atoms with van der Waals surface area (Å²) in [4.78, 5) is 31.3. The summed E-state index contributed by atoms with van der Waals surface area (Å²) in [5.41, 5.74) is -1.37. The van der Waals surface area contributed by atoms with Crippen molar-refractivity contribution in [3.8, 4) is 0 Å². The molecule has 0 aromatic carbocycles. The number of hydrogen-bond acceptors (Lipinski definition) is 5. The van der Waals surface area contributed by atoms with E-state index >= 15 is 0 Å². The largest absolute Gasteiger partial charge is 0.479 e. The second-order valence-electron chi connectivity index (χ2n) is 9.41. The summed E-state index contributed by atoms with van der Waals surface area (Å²) >= 11 is -1.47. The summed E-state index contributed by atoms with van der Waals surface area (Å²) in [7, 11) is 0. The molecule has 0 bridgehead atoms. The van der Waals surface area contributed by atoms with E-state index in [1.165, 1.54) is 12.6 Å². The minimum atomic E-state index is -2.50. The fourth-order valence-electron chi connectivity index (χ4n) is 5.14. The predicted molar refractivity (Wildman–Crippen MR) is 124 cm³/mol. The molecule has 178 valence electrons. The lowest BCUT2D eigenvalue weighted by atomic mass is 9.84. The van der Waals surface area contributed by atoms with Gasteiger partial charge in [0.1, 0.15) is 5.00 Å². The average Bonchev–Trinajstić information content (AvgIpc) is 3.44. The van der Waals surface area contributed by atoms with Crippen molar-refractivity contribution in [2.75, 3.05) is 9.62 Å². The maximum absolute atomic E-state index is 13.4. The zero-order valence-electron chi connectivity index (χ0n) is 18.4. The summed E-state index contributed by atoms with van der Waals surface area (Å²) in [5.74, 6) is -0.438. The van der Waals surface area contributed by atoms with Crippen LogP contribution in [-0.4, -0.2) is 53.4 Å². The second-order valence-corrected chi connectivity index (χ2v) is 11.2. The Morgan fingerprint density at radius 2 is 1.75 bits per heavy atom. The van der Waals surface area contributed by atoms with Gasteiger partial charge in [-0.25, -0.2) is 23.1 Å². The highest BCUT2D eigenvalue weighted by molar-refractivity contribution is 7.81. The van der Waals surface area contributed by atoms with Crippen molar-refractivity contribution >= 4 is 44.7 Å². The highest BCUT2D eigenvalue weighted by atomic mass is 32.2. The number of carboxylic acids is 1. The van der Waals surface area contributed by atoms with E-state index in [4.69, 9.17) is 0 Å². The third-order valence-corrected chi connectivity index (χ3v) is 9.03. The highest BCUT2D eigenvalue weighted by Crippen LogP contribution is 2.47. The lowest BCUT2D eigenvalue weighted by Crippen LogP contribution is -2.51. The van der Waals surface area contributed by atoms with E-state index < -0.39 is 22.8 Å².